The molecule has 0 aromatic heterocycles. The van der Waals surface area contributed by atoms with E-state index < -0.39 is 0 Å². The highest BCUT2D eigenvalue weighted by Gasteiger charge is 2.08. The van der Waals surface area contributed by atoms with E-state index in [1.165, 1.54) is 0 Å². The van der Waals surface area contributed by atoms with Crippen molar-refractivity contribution in [2.45, 2.75) is 47.5 Å². The second kappa shape index (κ2) is 12.7. The Morgan fingerprint density at radius 3 is 2.13 bits per heavy atom. The molecule has 0 unspecified atom stereocenters. The van der Waals surface area contributed by atoms with E-state index in [0.717, 1.165) is 57.9 Å². The molecular weight excluding hydrogens is 390 g/mol. The number of ether oxygens (including phenoxy) is 3. The van der Waals surface area contributed by atoms with Gasteiger partial charge in [0.1, 0.15) is 31.0 Å². The van der Waals surface area contributed by atoms with Gasteiger partial charge in [-0.25, -0.2) is 0 Å². The highest BCUT2D eigenvalue weighted by molar-refractivity contribution is 5.82. The summed E-state index contributed by atoms with van der Waals surface area (Å²) in [7, 11) is 1.54. The molecule has 0 aliphatic heterocycles. The number of hydrogen-bond acceptors (Lipinski definition) is 5. The number of unbranched alkanes of at least 4 members (excludes halogenated alkanes) is 1. The molecule has 0 spiro atoms. The summed E-state index contributed by atoms with van der Waals surface area (Å²) >= 11 is 0. The molecule has 2 rings (SSSR count). The number of aryl methyl sites for hydroxylation is 4. The van der Waals surface area contributed by atoms with E-state index in [4.69, 9.17) is 19.0 Å². The fourth-order valence-corrected chi connectivity index (χ4v) is 3.24. The van der Waals surface area contributed by atoms with Gasteiger partial charge in [0.15, 0.2) is 0 Å². The zero-order valence-electron chi connectivity index (χ0n) is 19.7. The first-order valence-electron chi connectivity index (χ1n) is 10.7. The van der Waals surface area contributed by atoms with Gasteiger partial charge in [0, 0.05) is 0 Å². The van der Waals surface area contributed by atoms with E-state index in [1.54, 1.807) is 13.3 Å². The third-order valence-corrected chi connectivity index (χ3v) is 4.92. The summed E-state index contributed by atoms with van der Waals surface area (Å²) < 4.78 is 17.8. The maximum absolute atomic E-state index is 6.05. The quantitative estimate of drug-likeness (QED) is 0.179. The summed E-state index contributed by atoms with van der Waals surface area (Å²) in [5.74, 6) is 2.73. The van der Waals surface area contributed by atoms with Gasteiger partial charge in [0.25, 0.3) is 0 Å². The Kier molecular flexibility index (Phi) is 9.95. The molecule has 0 aliphatic rings. The molecule has 2 aromatic carbocycles. The lowest BCUT2D eigenvalue weighted by atomic mass is 10.1. The molecule has 0 saturated heterocycles. The van der Waals surface area contributed by atoms with Crippen LogP contribution in [-0.4, -0.2) is 33.1 Å². The number of nitrogens with zero attached hydrogens (tertiary/aromatic N) is 1. The normalized spacial score (nSPS) is 11.3. The molecule has 0 saturated carbocycles. The Bertz CT molecular complexity index is 880. The Morgan fingerprint density at radius 1 is 0.806 bits per heavy atom. The van der Waals surface area contributed by atoms with Gasteiger partial charge in [-0.15, -0.1) is 0 Å². The highest BCUT2D eigenvalue weighted by atomic mass is 16.6. The van der Waals surface area contributed by atoms with Gasteiger partial charge in [-0.05, 0) is 99.5 Å². The summed E-state index contributed by atoms with van der Waals surface area (Å²) in [5.41, 5.74) is 5.41. The van der Waals surface area contributed by atoms with Crippen molar-refractivity contribution in [3.8, 4) is 17.2 Å². The van der Waals surface area contributed by atoms with Gasteiger partial charge < -0.3 is 19.0 Å². The number of rotatable bonds is 12. The molecule has 0 aliphatic carbocycles. The highest BCUT2D eigenvalue weighted by Crippen LogP contribution is 2.29. The lowest BCUT2D eigenvalue weighted by molar-refractivity contribution is 0.215. The van der Waals surface area contributed by atoms with E-state index in [-0.39, 0.29) is 0 Å². The monoisotopic (exact) mass is 425 g/mol. The Morgan fingerprint density at radius 2 is 1.48 bits per heavy atom. The van der Waals surface area contributed by atoms with Gasteiger partial charge in [-0.3, -0.25) is 0 Å². The van der Waals surface area contributed by atoms with E-state index >= 15 is 0 Å². The van der Waals surface area contributed by atoms with Crippen molar-refractivity contribution in [1.29, 1.82) is 0 Å². The van der Waals surface area contributed by atoms with Gasteiger partial charge in [0.05, 0.1) is 19.4 Å². The summed E-state index contributed by atoms with van der Waals surface area (Å²) in [4.78, 5) is 4.76. The van der Waals surface area contributed by atoms with Crippen molar-refractivity contribution in [2.24, 2.45) is 5.16 Å². The molecular formula is C26H35NO4. The lowest BCUT2D eigenvalue weighted by Gasteiger charge is -2.15. The fourth-order valence-electron chi connectivity index (χ4n) is 3.24. The fraction of sp³-hybridized carbons (Fsp3) is 0.423. The molecule has 31 heavy (non-hydrogen) atoms. The van der Waals surface area contributed by atoms with Crippen LogP contribution in [0.25, 0.3) is 0 Å². The largest absolute Gasteiger partial charge is 0.493 e. The van der Waals surface area contributed by atoms with E-state index in [9.17, 15) is 0 Å². The van der Waals surface area contributed by atoms with Gasteiger partial charge in [-0.1, -0.05) is 17.3 Å². The van der Waals surface area contributed by atoms with Gasteiger partial charge in [0.2, 0.25) is 0 Å². The molecule has 0 atom stereocenters. The average Bonchev–Trinajstić information content (AvgIpc) is 2.73. The van der Waals surface area contributed by atoms with Gasteiger partial charge >= 0.3 is 0 Å². The number of hydrogen-bond donors (Lipinski definition) is 0. The SMILES string of the molecule is C/C=C/COc1cc(C)c(OCCCCOc2cc(C)c(/C=N/OC)cc2C)c(C)c1. The van der Waals surface area contributed by atoms with Crippen molar-refractivity contribution in [3.05, 3.63) is 64.2 Å². The summed E-state index contributed by atoms with van der Waals surface area (Å²) in [6.45, 7) is 12.1. The molecule has 0 amide bonds. The van der Waals surface area contributed by atoms with Crippen LogP contribution in [0, 0.1) is 27.7 Å². The van der Waals surface area contributed by atoms with Crippen molar-refractivity contribution in [3.63, 3.8) is 0 Å². The minimum atomic E-state index is 0.581. The molecule has 0 fully saturated rings. The first kappa shape index (κ1) is 24.3. The van der Waals surface area contributed by atoms with Crippen LogP contribution in [0.15, 0.2) is 41.6 Å². The van der Waals surface area contributed by atoms with Gasteiger partial charge in [-0.2, -0.15) is 0 Å². The van der Waals surface area contributed by atoms with E-state index in [0.29, 0.717) is 19.8 Å². The third kappa shape index (κ3) is 7.67. The Hall–Kier alpha value is -2.95. The van der Waals surface area contributed by atoms with Crippen molar-refractivity contribution < 1.29 is 19.0 Å². The molecule has 5 heteroatoms. The summed E-state index contributed by atoms with van der Waals surface area (Å²) in [6, 6.07) is 8.17. The predicted octanol–water partition coefficient (Wildman–Crippen LogP) is 6.09. The second-order valence-corrected chi connectivity index (χ2v) is 7.56. The molecule has 168 valence electrons. The lowest BCUT2D eigenvalue weighted by Crippen LogP contribution is -2.05. The number of oxime groups is 1. The average molecular weight is 426 g/mol. The topological polar surface area (TPSA) is 49.3 Å². The predicted molar refractivity (Wildman–Crippen MR) is 127 cm³/mol. The van der Waals surface area contributed by atoms with Crippen LogP contribution in [-0.2, 0) is 4.84 Å². The van der Waals surface area contributed by atoms with Crippen molar-refractivity contribution in [2.75, 3.05) is 26.9 Å². The summed E-state index contributed by atoms with van der Waals surface area (Å²) in [5, 5.41) is 3.84. The maximum Gasteiger partial charge on any atom is 0.125 e. The second-order valence-electron chi connectivity index (χ2n) is 7.56. The van der Waals surface area contributed by atoms with Crippen LogP contribution in [0.5, 0.6) is 17.2 Å². The first-order chi connectivity index (χ1) is 15.0. The summed E-state index contributed by atoms with van der Waals surface area (Å²) in [6.07, 6.45) is 7.54. The van der Waals surface area contributed by atoms with Crippen LogP contribution in [0.3, 0.4) is 0 Å². The van der Waals surface area contributed by atoms with Crippen LogP contribution in [0.4, 0.5) is 0 Å². The smallest absolute Gasteiger partial charge is 0.125 e. The standard InChI is InChI=1S/C26H35NO4/c1-7-8-11-29-24-15-21(4)26(22(5)16-24)31-13-10-9-12-30-25-17-19(2)23(14-20(25)3)18-27-28-6/h7-8,14-18H,9-13H2,1-6H3/b8-7+,27-18+. The maximum atomic E-state index is 6.05. The molecule has 0 bridgehead atoms. The molecule has 0 radical (unpaired) electrons. The zero-order valence-corrected chi connectivity index (χ0v) is 19.7. The third-order valence-electron chi connectivity index (χ3n) is 4.92. The van der Waals surface area contributed by atoms with Crippen LogP contribution < -0.4 is 14.2 Å². The Balaban J connectivity index is 1.79. The van der Waals surface area contributed by atoms with Crippen LogP contribution in [0.2, 0.25) is 0 Å². The first-order valence-corrected chi connectivity index (χ1v) is 10.7. The zero-order chi connectivity index (χ0) is 22.6. The Labute approximate surface area is 186 Å². The number of allylic oxidation sites excluding steroid dienone is 1. The van der Waals surface area contributed by atoms with Crippen molar-refractivity contribution in [1.82, 2.24) is 0 Å². The molecule has 5 nitrogen and oxygen atoms in total. The number of benzene rings is 2. The minimum Gasteiger partial charge on any atom is -0.493 e. The van der Waals surface area contributed by atoms with Crippen molar-refractivity contribution >= 4 is 6.21 Å². The minimum absolute atomic E-state index is 0.581. The molecule has 0 heterocycles. The van der Waals surface area contributed by atoms with E-state index in [2.05, 4.69) is 31.1 Å². The van der Waals surface area contributed by atoms with E-state index in [1.807, 2.05) is 45.1 Å². The molecule has 0 N–H and O–H groups in total. The van der Waals surface area contributed by atoms with Crippen LogP contribution in [0.1, 0.15) is 47.6 Å². The molecule has 2 aromatic rings. The van der Waals surface area contributed by atoms with Crippen LogP contribution >= 0.6 is 0 Å².